The maximum Gasteiger partial charge on any atom is 0.142 e. The molecule has 0 amide bonds. The van der Waals surface area contributed by atoms with Crippen LogP contribution in [0.25, 0.3) is 11.1 Å². The van der Waals surface area contributed by atoms with E-state index >= 15 is 0 Å². The van der Waals surface area contributed by atoms with Crippen LogP contribution in [0.1, 0.15) is 55.1 Å². The summed E-state index contributed by atoms with van der Waals surface area (Å²) in [7, 11) is 0. The molecule has 7 nitrogen and oxygen atoms in total. The minimum absolute atomic E-state index is 0.00550. The highest BCUT2D eigenvalue weighted by atomic mass is 16.5. The van der Waals surface area contributed by atoms with E-state index in [1.165, 1.54) is 0 Å². The fraction of sp³-hybridized carbons (Fsp3) is 0.550. The first kappa shape index (κ1) is 19.3. The summed E-state index contributed by atoms with van der Waals surface area (Å²) in [5.74, 6) is 0.488. The van der Waals surface area contributed by atoms with Crippen LogP contribution in [0.2, 0.25) is 0 Å². The van der Waals surface area contributed by atoms with Gasteiger partial charge in [-0.05, 0) is 46.1 Å². The maximum absolute atomic E-state index is 9.71. The Balaban J connectivity index is 2.16. The van der Waals surface area contributed by atoms with E-state index < -0.39 is 0 Å². The van der Waals surface area contributed by atoms with E-state index in [-0.39, 0.29) is 23.9 Å². The van der Waals surface area contributed by atoms with E-state index in [2.05, 4.69) is 30.0 Å². The molecule has 3 rings (SSSR count). The predicted octanol–water partition coefficient (Wildman–Crippen LogP) is 2.68. The second kappa shape index (κ2) is 7.29. The highest BCUT2D eigenvalue weighted by molar-refractivity contribution is 5.80. The Morgan fingerprint density at radius 3 is 2.81 bits per heavy atom. The van der Waals surface area contributed by atoms with Gasteiger partial charge in [0.2, 0.25) is 0 Å². The van der Waals surface area contributed by atoms with E-state index in [0.29, 0.717) is 18.7 Å². The molecule has 3 heterocycles. The van der Waals surface area contributed by atoms with Gasteiger partial charge in [0.05, 0.1) is 24.4 Å². The number of aryl methyl sites for hydroxylation is 1. The average Bonchev–Trinajstić information content (AvgIpc) is 2.95. The number of pyridine rings is 1. The Morgan fingerprint density at radius 2 is 2.19 bits per heavy atom. The summed E-state index contributed by atoms with van der Waals surface area (Å²) in [6.07, 6.45) is 3.60. The minimum atomic E-state index is -0.207. The number of nitrogens with two attached hydrogens (primary N) is 1. The van der Waals surface area contributed by atoms with Crippen molar-refractivity contribution in [3.05, 3.63) is 28.7 Å². The van der Waals surface area contributed by atoms with Crippen LogP contribution in [-0.2, 0) is 11.3 Å². The molecule has 3 N–H and O–H groups in total. The first-order chi connectivity index (χ1) is 12.8. The lowest BCUT2D eigenvalue weighted by molar-refractivity contribution is -0.0598. The zero-order chi connectivity index (χ0) is 19.8. The lowest BCUT2D eigenvalue weighted by Gasteiger charge is -2.36. The summed E-state index contributed by atoms with van der Waals surface area (Å²) >= 11 is 0. The van der Waals surface area contributed by atoms with Gasteiger partial charge in [-0.2, -0.15) is 10.4 Å². The fourth-order valence-corrected chi connectivity index (χ4v) is 4.01. The zero-order valence-electron chi connectivity index (χ0n) is 16.4. The third-order valence-electron chi connectivity index (χ3n) is 5.25. The molecule has 1 saturated heterocycles. The molecular weight excluding hydrogens is 342 g/mol. The van der Waals surface area contributed by atoms with Crippen molar-refractivity contribution in [3.8, 4) is 17.2 Å². The average molecular weight is 369 g/mol. The molecule has 0 aliphatic carbocycles. The number of rotatable bonds is 4. The molecule has 1 atom stereocenters. The van der Waals surface area contributed by atoms with Crippen molar-refractivity contribution in [1.29, 1.82) is 5.26 Å². The van der Waals surface area contributed by atoms with Crippen LogP contribution in [-0.4, -0.2) is 38.7 Å². The Morgan fingerprint density at radius 1 is 1.44 bits per heavy atom. The summed E-state index contributed by atoms with van der Waals surface area (Å²) in [4.78, 5) is 4.62. The number of aliphatic hydroxyl groups is 1. The van der Waals surface area contributed by atoms with Crippen LogP contribution in [0.4, 0.5) is 5.82 Å². The summed E-state index contributed by atoms with van der Waals surface area (Å²) < 4.78 is 7.54. The molecule has 0 saturated carbocycles. The van der Waals surface area contributed by atoms with Gasteiger partial charge in [-0.15, -0.1) is 0 Å². The van der Waals surface area contributed by atoms with Crippen molar-refractivity contribution < 1.29 is 9.84 Å². The first-order valence-corrected chi connectivity index (χ1v) is 9.26. The van der Waals surface area contributed by atoms with Crippen LogP contribution in [0, 0.1) is 25.2 Å². The number of aliphatic hydroxyl groups excluding tert-OH is 1. The molecule has 0 spiro atoms. The van der Waals surface area contributed by atoms with Gasteiger partial charge in [0, 0.05) is 35.5 Å². The number of nitrogens with zero attached hydrogens (tertiary/aromatic N) is 4. The lowest BCUT2D eigenvalue weighted by atomic mass is 9.82. The number of hydrogen-bond donors (Lipinski definition) is 2. The molecular formula is C20H27N5O2. The molecule has 1 aliphatic rings. The summed E-state index contributed by atoms with van der Waals surface area (Å²) in [6.45, 7) is 9.17. The Hall–Kier alpha value is -2.43. The van der Waals surface area contributed by atoms with Crippen molar-refractivity contribution in [2.24, 2.45) is 0 Å². The zero-order valence-corrected chi connectivity index (χ0v) is 16.4. The fourth-order valence-electron chi connectivity index (χ4n) is 4.01. The Bertz CT molecular complexity index is 895. The predicted molar refractivity (Wildman–Crippen MR) is 103 cm³/mol. The summed E-state index contributed by atoms with van der Waals surface area (Å²) in [5.41, 5.74) is 10.7. The molecule has 144 valence electrons. The van der Waals surface area contributed by atoms with E-state index in [4.69, 9.17) is 10.5 Å². The molecule has 0 bridgehead atoms. The highest BCUT2D eigenvalue weighted by Crippen LogP contribution is 2.41. The van der Waals surface area contributed by atoms with Crippen LogP contribution < -0.4 is 5.73 Å². The normalized spacial score (nSPS) is 19.0. The molecule has 1 fully saturated rings. The standard InChI is InChI=1S/C20H27N5O2/c1-12-17(16-11-25(6-7-26)24-13(16)2)15(10-21)19(22)23-18(12)14-5-8-27-20(3,4)9-14/h11,14,26H,5-9H2,1-4H3,(H2,22,23)/t14-/m1/s1. The van der Waals surface area contributed by atoms with Crippen molar-refractivity contribution in [1.82, 2.24) is 14.8 Å². The van der Waals surface area contributed by atoms with Crippen molar-refractivity contribution in [3.63, 3.8) is 0 Å². The van der Waals surface area contributed by atoms with Gasteiger partial charge >= 0.3 is 0 Å². The van der Waals surface area contributed by atoms with Gasteiger partial charge in [-0.1, -0.05) is 0 Å². The third-order valence-corrected chi connectivity index (χ3v) is 5.25. The van der Waals surface area contributed by atoms with Gasteiger partial charge < -0.3 is 15.6 Å². The second-order valence-corrected chi connectivity index (χ2v) is 7.78. The van der Waals surface area contributed by atoms with Gasteiger partial charge in [-0.25, -0.2) is 4.98 Å². The number of anilines is 1. The monoisotopic (exact) mass is 369 g/mol. The van der Waals surface area contributed by atoms with E-state index in [0.717, 1.165) is 40.9 Å². The minimum Gasteiger partial charge on any atom is -0.394 e. The van der Waals surface area contributed by atoms with Crippen molar-refractivity contribution in [2.45, 2.75) is 58.6 Å². The molecule has 2 aromatic rings. The number of ether oxygens (including phenoxy) is 1. The van der Waals surface area contributed by atoms with Crippen LogP contribution in [0.3, 0.4) is 0 Å². The molecule has 0 aromatic carbocycles. The summed E-state index contributed by atoms with van der Waals surface area (Å²) in [6, 6.07) is 2.22. The van der Waals surface area contributed by atoms with Crippen LogP contribution in [0.5, 0.6) is 0 Å². The number of aromatic nitrogens is 3. The smallest absolute Gasteiger partial charge is 0.142 e. The largest absolute Gasteiger partial charge is 0.394 e. The second-order valence-electron chi connectivity index (χ2n) is 7.78. The van der Waals surface area contributed by atoms with Crippen LogP contribution >= 0.6 is 0 Å². The van der Waals surface area contributed by atoms with Gasteiger partial charge in [0.15, 0.2) is 0 Å². The maximum atomic E-state index is 9.71. The molecule has 1 aliphatic heterocycles. The Kier molecular flexibility index (Phi) is 5.22. The van der Waals surface area contributed by atoms with E-state index in [1.807, 2.05) is 20.0 Å². The lowest BCUT2D eigenvalue weighted by Crippen LogP contribution is -2.33. The SMILES string of the molecule is Cc1nn(CCO)cc1-c1c(C)c([C@@H]2CCOC(C)(C)C2)nc(N)c1C#N. The number of nitriles is 1. The topological polar surface area (TPSA) is 110 Å². The Labute approximate surface area is 159 Å². The van der Waals surface area contributed by atoms with Gasteiger partial charge in [-0.3, -0.25) is 4.68 Å². The molecule has 7 heteroatoms. The molecule has 27 heavy (non-hydrogen) atoms. The van der Waals surface area contributed by atoms with E-state index in [9.17, 15) is 10.4 Å². The van der Waals surface area contributed by atoms with Gasteiger partial charge in [0.25, 0.3) is 0 Å². The van der Waals surface area contributed by atoms with Crippen molar-refractivity contribution >= 4 is 5.82 Å². The van der Waals surface area contributed by atoms with E-state index in [1.54, 1.807) is 4.68 Å². The number of nitrogen functional groups attached to an aromatic ring is 1. The molecule has 2 aromatic heterocycles. The highest BCUT2D eigenvalue weighted by Gasteiger charge is 2.33. The summed E-state index contributed by atoms with van der Waals surface area (Å²) in [5, 5.41) is 23.4. The molecule has 0 radical (unpaired) electrons. The van der Waals surface area contributed by atoms with Crippen molar-refractivity contribution in [2.75, 3.05) is 18.9 Å². The number of hydrogen-bond acceptors (Lipinski definition) is 6. The molecule has 0 unspecified atom stereocenters. The third kappa shape index (κ3) is 3.68. The first-order valence-electron chi connectivity index (χ1n) is 9.26. The van der Waals surface area contributed by atoms with Crippen LogP contribution in [0.15, 0.2) is 6.20 Å². The van der Waals surface area contributed by atoms with Gasteiger partial charge in [0.1, 0.15) is 17.5 Å². The quantitative estimate of drug-likeness (QED) is 0.857.